The van der Waals surface area contributed by atoms with Crippen LogP contribution in [0.15, 0.2) is 54.4 Å². The molecule has 0 aliphatic carbocycles. The molecular formula is C25H23N3O5S. The number of benzene rings is 1. The number of aliphatic hydroxyl groups excluding tert-OH is 1. The van der Waals surface area contributed by atoms with E-state index in [-0.39, 0.29) is 27.9 Å². The van der Waals surface area contributed by atoms with Gasteiger partial charge in [0.25, 0.3) is 5.78 Å². The summed E-state index contributed by atoms with van der Waals surface area (Å²) in [5.74, 6) is -2.50. The average molecular weight is 478 g/mol. The zero-order valence-electron chi connectivity index (χ0n) is 18.9. The molecule has 1 amide bonds. The van der Waals surface area contributed by atoms with E-state index in [2.05, 4.69) is 9.97 Å². The van der Waals surface area contributed by atoms with E-state index < -0.39 is 23.7 Å². The van der Waals surface area contributed by atoms with Gasteiger partial charge >= 0.3 is 11.9 Å². The van der Waals surface area contributed by atoms with Crippen LogP contribution in [0.25, 0.3) is 5.76 Å². The number of hydrogen-bond donors (Lipinski definition) is 1. The van der Waals surface area contributed by atoms with Gasteiger partial charge in [-0.25, -0.2) is 9.78 Å². The summed E-state index contributed by atoms with van der Waals surface area (Å²) in [5, 5.41) is 11.3. The maximum atomic E-state index is 13.2. The highest BCUT2D eigenvalue weighted by atomic mass is 32.1. The number of aliphatic hydroxyl groups is 1. The lowest BCUT2D eigenvalue weighted by atomic mass is 9.95. The Balaban J connectivity index is 1.90. The number of Topliss-reactive ketones (excluding diaryl/α,β-unsaturated/α-hetero) is 1. The van der Waals surface area contributed by atoms with Gasteiger partial charge in [-0.1, -0.05) is 42.5 Å². The summed E-state index contributed by atoms with van der Waals surface area (Å²) in [6.07, 6.45) is 3.81. The quantitative estimate of drug-likeness (QED) is 0.245. The van der Waals surface area contributed by atoms with Crippen molar-refractivity contribution in [2.45, 2.75) is 33.2 Å². The molecule has 1 aromatic carbocycles. The summed E-state index contributed by atoms with van der Waals surface area (Å²) in [7, 11) is 0. The van der Waals surface area contributed by atoms with Crippen LogP contribution in [-0.2, 0) is 20.7 Å². The van der Waals surface area contributed by atoms with Gasteiger partial charge in [-0.05, 0) is 43.5 Å². The first-order valence-corrected chi connectivity index (χ1v) is 11.6. The van der Waals surface area contributed by atoms with Crippen LogP contribution in [0.5, 0.6) is 0 Å². The Morgan fingerprint density at radius 2 is 1.79 bits per heavy atom. The maximum absolute atomic E-state index is 13.2. The minimum atomic E-state index is -0.917. The number of nitrogens with zero attached hydrogens (tertiary/aromatic N) is 3. The molecule has 4 rings (SSSR count). The van der Waals surface area contributed by atoms with Crippen LogP contribution in [0, 0.1) is 6.92 Å². The molecule has 2 aromatic heterocycles. The van der Waals surface area contributed by atoms with Gasteiger partial charge < -0.3 is 9.84 Å². The fourth-order valence-electron chi connectivity index (χ4n) is 3.82. The number of amides is 1. The van der Waals surface area contributed by atoms with Crippen LogP contribution in [0.1, 0.15) is 51.9 Å². The van der Waals surface area contributed by atoms with Crippen molar-refractivity contribution in [3.05, 3.63) is 81.6 Å². The first-order valence-electron chi connectivity index (χ1n) is 10.8. The molecule has 1 aliphatic rings. The van der Waals surface area contributed by atoms with Crippen molar-refractivity contribution in [3.63, 3.8) is 0 Å². The Labute approximate surface area is 200 Å². The summed E-state index contributed by atoms with van der Waals surface area (Å²) in [6, 6.07) is 9.69. The molecule has 3 aromatic rings. The highest BCUT2D eigenvalue weighted by molar-refractivity contribution is 7.17. The number of thiazole rings is 1. The fourth-order valence-corrected chi connectivity index (χ4v) is 4.80. The van der Waals surface area contributed by atoms with Crippen molar-refractivity contribution >= 4 is 39.9 Å². The third-order valence-corrected chi connectivity index (χ3v) is 6.69. The lowest BCUT2D eigenvalue weighted by Gasteiger charge is -2.23. The number of aryl methyl sites for hydroxylation is 2. The highest BCUT2D eigenvalue weighted by Crippen LogP contribution is 2.43. The third kappa shape index (κ3) is 4.10. The highest BCUT2D eigenvalue weighted by Gasteiger charge is 2.48. The van der Waals surface area contributed by atoms with Crippen molar-refractivity contribution in [3.8, 4) is 0 Å². The summed E-state index contributed by atoms with van der Waals surface area (Å²) in [5.41, 5.74) is 2.44. The van der Waals surface area contributed by atoms with E-state index >= 15 is 0 Å². The third-order valence-electron chi connectivity index (χ3n) is 5.55. The monoisotopic (exact) mass is 477 g/mol. The van der Waals surface area contributed by atoms with Crippen LogP contribution in [0.3, 0.4) is 0 Å². The van der Waals surface area contributed by atoms with Crippen molar-refractivity contribution in [1.29, 1.82) is 0 Å². The number of anilines is 1. The summed E-state index contributed by atoms with van der Waals surface area (Å²) < 4.78 is 5.09. The first kappa shape index (κ1) is 23.3. The summed E-state index contributed by atoms with van der Waals surface area (Å²) >= 11 is 0.979. The zero-order chi connectivity index (χ0) is 24.4. The van der Waals surface area contributed by atoms with Crippen molar-refractivity contribution in [2.75, 3.05) is 11.5 Å². The molecule has 9 heteroatoms. The number of carbonyl (C=O) groups is 3. The van der Waals surface area contributed by atoms with Crippen LogP contribution in [0.4, 0.5) is 5.13 Å². The second kappa shape index (κ2) is 9.56. The Morgan fingerprint density at radius 1 is 1.12 bits per heavy atom. The van der Waals surface area contributed by atoms with Gasteiger partial charge in [-0.2, -0.15) is 0 Å². The Bertz CT molecular complexity index is 1280. The van der Waals surface area contributed by atoms with E-state index in [0.717, 1.165) is 23.3 Å². The molecular weight excluding hydrogens is 454 g/mol. The number of ether oxygens (including phenoxy) is 1. The second-order valence-electron chi connectivity index (χ2n) is 7.63. The van der Waals surface area contributed by atoms with E-state index in [9.17, 15) is 19.5 Å². The average Bonchev–Trinajstić information content (AvgIpc) is 3.36. The summed E-state index contributed by atoms with van der Waals surface area (Å²) in [6.45, 7) is 5.57. The van der Waals surface area contributed by atoms with Gasteiger partial charge in [0.05, 0.1) is 23.9 Å². The molecule has 1 saturated heterocycles. The maximum Gasteiger partial charge on any atom is 0.350 e. The largest absolute Gasteiger partial charge is 0.507 e. The van der Waals surface area contributed by atoms with E-state index in [1.54, 1.807) is 26.0 Å². The van der Waals surface area contributed by atoms with Gasteiger partial charge in [0, 0.05) is 18.0 Å². The smallest absolute Gasteiger partial charge is 0.350 e. The molecule has 0 spiro atoms. The molecule has 1 fully saturated rings. The van der Waals surface area contributed by atoms with Gasteiger partial charge in [0.15, 0.2) is 5.13 Å². The molecule has 1 unspecified atom stereocenters. The summed E-state index contributed by atoms with van der Waals surface area (Å²) in [4.78, 5) is 48.6. The number of carbonyl (C=O) groups excluding carboxylic acids is 3. The fraction of sp³-hybridized carbons (Fsp3) is 0.240. The van der Waals surface area contributed by atoms with Crippen LogP contribution in [0.2, 0.25) is 0 Å². The minimum absolute atomic E-state index is 0.0500. The molecule has 34 heavy (non-hydrogen) atoms. The normalized spacial score (nSPS) is 17.3. The SMILES string of the molecule is CCOC(=O)c1sc(N2C(=O)C(=O)/C(=C(/O)c3ccncc3)C2c2ccc(CC)cc2)nc1C. The van der Waals surface area contributed by atoms with Gasteiger partial charge in [-0.3, -0.25) is 19.5 Å². The van der Waals surface area contributed by atoms with E-state index in [0.29, 0.717) is 16.8 Å². The lowest BCUT2D eigenvalue weighted by Crippen LogP contribution is -2.29. The van der Waals surface area contributed by atoms with Crippen LogP contribution in [-0.4, -0.2) is 39.3 Å². The van der Waals surface area contributed by atoms with Gasteiger partial charge in [0.2, 0.25) is 0 Å². The first-order chi connectivity index (χ1) is 16.4. The standard InChI is InChI=1S/C25H23N3O5S/c1-4-15-6-8-16(9-7-15)19-18(20(29)17-10-12-26-13-11-17)21(30)23(31)28(19)25-27-14(3)22(34-25)24(32)33-5-2/h6-13,19,29H,4-5H2,1-3H3/b20-18+. The van der Waals surface area contributed by atoms with Crippen molar-refractivity contribution in [2.24, 2.45) is 0 Å². The topological polar surface area (TPSA) is 110 Å². The number of pyridine rings is 1. The zero-order valence-corrected chi connectivity index (χ0v) is 19.8. The molecule has 1 atom stereocenters. The molecule has 0 saturated carbocycles. The van der Waals surface area contributed by atoms with Crippen LogP contribution >= 0.6 is 11.3 Å². The number of rotatable bonds is 6. The van der Waals surface area contributed by atoms with E-state index in [1.165, 1.54) is 17.3 Å². The predicted octanol–water partition coefficient (Wildman–Crippen LogP) is 4.21. The minimum Gasteiger partial charge on any atom is -0.507 e. The van der Waals surface area contributed by atoms with Gasteiger partial charge in [0.1, 0.15) is 10.6 Å². The Kier molecular flexibility index (Phi) is 6.56. The van der Waals surface area contributed by atoms with E-state index in [1.807, 2.05) is 31.2 Å². The molecule has 3 heterocycles. The number of aromatic nitrogens is 2. The predicted molar refractivity (Wildman–Crippen MR) is 128 cm³/mol. The molecule has 0 radical (unpaired) electrons. The number of ketones is 1. The van der Waals surface area contributed by atoms with E-state index in [4.69, 9.17) is 4.74 Å². The molecule has 1 N–H and O–H groups in total. The number of hydrogen-bond acceptors (Lipinski definition) is 8. The Morgan fingerprint density at radius 3 is 2.41 bits per heavy atom. The Hall–Kier alpha value is -3.85. The molecule has 174 valence electrons. The van der Waals surface area contributed by atoms with Gasteiger partial charge in [-0.15, -0.1) is 0 Å². The lowest BCUT2D eigenvalue weighted by molar-refractivity contribution is -0.132. The van der Waals surface area contributed by atoms with Crippen molar-refractivity contribution in [1.82, 2.24) is 9.97 Å². The number of esters is 1. The second-order valence-corrected chi connectivity index (χ2v) is 8.61. The van der Waals surface area contributed by atoms with Crippen molar-refractivity contribution < 1.29 is 24.2 Å². The molecule has 0 bridgehead atoms. The molecule has 1 aliphatic heterocycles. The molecule has 8 nitrogen and oxygen atoms in total. The van der Waals surface area contributed by atoms with Crippen LogP contribution < -0.4 is 4.90 Å².